The molecule has 122 valence electrons. The van der Waals surface area contributed by atoms with Gasteiger partial charge in [0.15, 0.2) is 5.82 Å². The van der Waals surface area contributed by atoms with Gasteiger partial charge in [-0.05, 0) is 55.3 Å². The molecule has 2 aromatic carbocycles. The molecule has 0 aliphatic heterocycles. The van der Waals surface area contributed by atoms with Crippen LogP contribution in [-0.4, -0.2) is 15.2 Å². The fourth-order valence-corrected chi connectivity index (χ4v) is 2.27. The van der Waals surface area contributed by atoms with Crippen molar-refractivity contribution in [1.29, 1.82) is 0 Å². The highest BCUT2D eigenvalue weighted by Gasteiger charge is 2.05. The van der Waals surface area contributed by atoms with Crippen LogP contribution in [0.1, 0.15) is 11.1 Å². The number of rotatable bonds is 4. The second kappa shape index (κ2) is 6.80. The molecule has 5 nitrogen and oxygen atoms in total. The monoisotopic (exact) mass is 343 g/mol. The molecule has 0 amide bonds. The first-order valence-electron chi connectivity index (χ1n) is 7.27. The molecule has 3 aromatic rings. The summed E-state index contributed by atoms with van der Waals surface area (Å²) < 4.78 is 13.2. The fourth-order valence-electron chi connectivity index (χ4n) is 2.09. The number of hydrogen-bond acceptors (Lipinski definition) is 5. The molecule has 0 aliphatic rings. The SMILES string of the molecule is Cc1ccc(Nc2cnnc(Nc3ccc(F)c(Cl)c3)n2)cc1C. The van der Waals surface area contributed by atoms with Crippen LogP contribution in [0.3, 0.4) is 0 Å². The molecule has 0 saturated carbocycles. The van der Waals surface area contributed by atoms with Gasteiger partial charge >= 0.3 is 0 Å². The van der Waals surface area contributed by atoms with Gasteiger partial charge in [-0.25, -0.2) is 4.39 Å². The van der Waals surface area contributed by atoms with Crippen molar-refractivity contribution in [3.63, 3.8) is 0 Å². The molecule has 3 rings (SSSR count). The lowest BCUT2D eigenvalue weighted by molar-refractivity contribution is 0.628. The van der Waals surface area contributed by atoms with Gasteiger partial charge in [0.2, 0.25) is 5.95 Å². The number of nitrogens with zero attached hydrogens (tertiary/aromatic N) is 3. The number of benzene rings is 2. The Labute approximate surface area is 143 Å². The first-order valence-corrected chi connectivity index (χ1v) is 7.65. The van der Waals surface area contributed by atoms with E-state index in [1.165, 1.54) is 29.5 Å². The smallest absolute Gasteiger partial charge is 0.249 e. The minimum Gasteiger partial charge on any atom is -0.339 e. The average Bonchev–Trinajstić information content (AvgIpc) is 2.55. The zero-order valence-electron chi connectivity index (χ0n) is 13.1. The average molecular weight is 344 g/mol. The summed E-state index contributed by atoms with van der Waals surface area (Å²) in [6.07, 6.45) is 1.53. The van der Waals surface area contributed by atoms with E-state index in [-0.39, 0.29) is 11.0 Å². The van der Waals surface area contributed by atoms with Crippen molar-refractivity contribution in [2.24, 2.45) is 0 Å². The lowest BCUT2D eigenvalue weighted by Crippen LogP contribution is -2.02. The van der Waals surface area contributed by atoms with Gasteiger partial charge in [-0.15, -0.1) is 5.10 Å². The van der Waals surface area contributed by atoms with E-state index < -0.39 is 5.82 Å². The van der Waals surface area contributed by atoms with Crippen molar-refractivity contribution >= 4 is 34.7 Å². The molecule has 0 radical (unpaired) electrons. The van der Waals surface area contributed by atoms with Crippen LogP contribution in [0.5, 0.6) is 0 Å². The van der Waals surface area contributed by atoms with Crippen molar-refractivity contribution in [3.05, 3.63) is 64.6 Å². The van der Waals surface area contributed by atoms with E-state index in [9.17, 15) is 4.39 Å². The summed E-state index contributed by atoms with van der Waals surface area (Å²) in [5, 5.41) is 14.0. The van der Waals surface area contributed by atoms with Crippen LogP contribution in [0.4, 0.5) is 27.5 Å². The minimum atomic E-state index is -0.480. The fraction of sp³-hybridized carbons (Fsp3) is 0.118. The van der Waals surface area contributed by atoms with E-state index in [1.54, 1.807) is 6.07 Å². The number of nitrogens with one attached hydrogen (secondary N) is 2. The van der Waals surface area contributed by atoms with Crippen molar-refractivity contribution in [2.45, 2.75) is 13.8 Å². The molecule has 0 spiro atoms. The summed E-state index contributed by atoms with van der Waals surface area (Å²) in [7, 11) is 0. The summed E-state index contributed by atoms with van der Waals surface area (Å²) in [5.41, 5.74) is 3.89. The highest BCUT2D eigenvalue weighted by Crippen LogP contribution is 2.22. The lowest BCUT2D eigenvalue weighted by atomic mass is 10.1. The zero-order valence-corrected chi connectivity index (χ0v) is 13.9. The van der Waals surface area contributed by atoms with Gasteiger partial charge in [0.05, 0.1) is 11.2 Å². The van der Waals surface area contributed by atoms with Gasteiger partial charge in [0.1, 0.15) is 5.82 Å². The molecule has 7 heteroatoms. The number of aryl methyl sites for hydroxylation is 2. The Morgan fingerprint density at radius 2 is 1.71 bits per heavy atom. The molecule has 0 atom stereocenters. The molecule has 1 heterocycles. The summed E-state index contributed by atoms with van der Waals surface area (Å²) in [5.74, 6) is 0.349. The Balaban J connectivity index is 1.78. The van der Waals surface area contributed by atoms with E-state index >= 15 is 0 Å². The maximum Gasteiger partial charge on any atom is 0.249 e. The van der Waals surface area contributed by atoms with Gasteiger partial charge in [0, 0.05) is 11.4 Å². The molecular formula is C17H15ClFN5. The molecule has 2 N–H and O–H groups in total. The van der Waals surface area contributed by atoms with Crippen molar-refractivity contribution in [2.75, 3.05) is 10.6 Å². The van der Waals surface area contributed by atoms with Crippen molar-refractivity contribution < 1.29 is 4.39 Å². The first kappa shape index (κ1) is 16.1. The normalized spacial score (nSPS) is 10.5. The van der Waals surface area contributed by atoms with E-state index in [0.29, 0.717) is 11.5 Å². The third-order valence-corrected chi connectivity index (χ3v) is 3.80. The van der Waals surface area contributed by atoms with Gasteiger partial charge in [-0.2, -0.15) is 10.1 Å². The first-order chi connectivity index (χ1) is 11.5. The van der Waals surface area contributed by atoms with Crippen molar-refractivity contribution in [1.82, 2.24) is 15.2 Å². The Morgan fingerprint density at radius 1 is 0.958 bits per heavy atom. The Bertz CT molecular complexity index is 816. The lowest BCUT2D eigenvalue weighted by Gasteiger charge is -2.09. The molecule has 24 heavy (non-hydrogen) atoms. The predicted octanol–water partition coefficient (Wildman–Crippen LogP) is 4.77. The standard InChI is InChI=1S/C17H15ClFN5/c1-10-3-4-12(7-11(10)2)21-16-9-20-24-17(23-16)22-13-5-6-15(19)14(18)8-13/h3-9H,1-2H3,(H2,21,22,23,24). The topological polar surface area (TPSA) is 62.7 Å². The molecule has 0 bridgehead atoms. The third-order valence-electron chi connectivity index (χ3n) is 3.51. The maximum atomic E-state index is 13.2. The quantitative estimate of drug-likeness (QED) is 0.714. The van der Waals surface area contributed by atoms with Crippen LogP contribution in [0, 0.1) is 19.7 Å². The van der Waals surface area contributed by atoms with Gasteiger partial charge in [-0.3, -0.25) is 0 Å². The Morgan fingerprint density at radius 3 is 2.46 bits per heavy atom. The Kier molecular flexibility index (Phi) is 4.57. The number of aromatic nitrogens is 3. The van der Waals surface area contributed by atoms with Crippen LogP contribution in [0.25, 0.3) is 0 Å². The molecule has 0 unspecified atom stereocenters. The van der Waals surface area contributed by atoms with E-state index in [0.717, 1.165) is 5.69 Å². The number of anilines is 4. The van der Waals surface area contributed by atoms with Crippen LogP contribution < -0.4 is 10.6 Å². The van der Waals surface area contributed by atoms with Gasteiger partial charge < -0.3 is 10.6 Å². The van der Waals surface area contributed by atoms with E-state index in [2.05, 4.69) is 32.7 Å². The highest BCUT2D eigenvalue weighted by atomic mass is 35.5. The van der Waals surface area contributed by atoms with Crippen LogP contribution in [0.15, 0.2) is 42.6 Å². The predicted molar refractivity (Wildman–Crippen MR) is 93.7 cm³/mol. The largest absolute Gasteiger partial charge is 0.339 e. The second-order valence-electron chi connectivity index (χ2n) is 5.34. The molecular weight excluding hydrogens is 329 g/mol. The van der Waals surface area contributed by atoms with Gasteiger partial charge in [0.25, 0.3) is 0 Å². The molecule has 0 fully saturated rings. The summed E-state index contributed by atoms with van der Waals surface area (Å²) in [4.78, 5) is 4.33. The number of hydrogen-bond donors (Lipinski definition) is 2. The molecule has 0 saturated heterocycles. The van der Waals surface area contributed by atoms with E-state index in [4.69, 9.17) is 11.6 Å². The number of halogens is 2. The third kappa shape index (κ3) is 3.78. The highest BCUT2D eigenvalue weighted by molar-refractivity contribution is 6.31. The Hall–Kier alpha value is -2.73. The maximum absolute atomic E-state index is 13.2. The molecule has 0 aliphatic carbocycles. The summed E-state index contributed by atoms with van der Waals surface area (Å²) >= 11 is 5.76. The van der Waals surface area contributed by atoms with Crippen LogP contribution in [0.2, 0.25) is 5.02 Å². The van der Waals surface area contributed by atoms with E-state index in [1.807, 2.05) is 25.1 Å². The van der Waals surface area contributed by atoms with Crippen LogP contribution >= 0.6 is 11.6 Å². The zero-order chi connectivity index (χ0) is 17.1. The minimum absolute atomic E-state index is 0.0253. The second-order valence-corrected chi connectivity index (χ2v) is 5.75. The van der Waals surface area contributed by atoms with Crippen LogP contribution in [-0.2, 0) is 0 Å². The summed E-state index contributed by atoms with van der Waals surface area (Å²) in [6.45, 7) is 4.10. The van der Waals surface area contributed by atoms with Gasteiger partial charge in [-0.1, -0.05) is 17.7 Å². The molecule has 1 aromatic heterocycles. The van der Waals surface area contributed by atoms with Crippen molar-refractivity contribution in [3.8, 4) is 0 Å². The summed E-state index contributed by atoms with van der Waals surface area (Å²) in [6, 6.07) is 10.3.